The second-order valence-corrected chi connectivity index (χ2v) is 4.45. The summed E-state index contributed by atoms with van der Waals surface area (Å²) >= 11 is 0. The molecule has 0 saturated heterocycles. The Morgan fingerprint density at radius 1 is 1.06 bits per heavy atom. The molecule has 0 aliphatic carbocycles. The minimum atomic E-state index is 1.07. The number of benzene rings is 1. The van der Waals surface area contributed by atoms with Crippen LogP contribution in [0.25, 0.3) is 6.08 Å². The predicted molar refractivity (Wildman–Crippen MR) is 75.3 cm³/mol. The molecule has 0 saturated carbocycles. The molecular weight excluding hydrogens is 208 g/mol. The molecule has 1 aromatic carbocycles. The number of nitrogens with zero attached hydrogens (tertiary/aromatic N) is 1. The van der Waals surface area contributed by atoms with Crippen LogP contribution in [0.5, 0.6) is 0 Å². The summed E-state index contributed by atoms with van der Waals surface area (Å²) in [5.41, 5.74) is 6.59. The Morgan fingerprint density at radius 2 is 1.94 bits per heavy atom. The van der Waals surface area contributed by atoms with Crippen LogP contribution >= 0.6 is 0 Å². The van der Waals surface area contributed by atoms with E-state index in [1.807, 2.05) is 6.07 Å². The van der Waals surface area contributed by atoms with Crippen molar-refractivity contribution in [3.63, 3.8) is 0 Å². The third-order valence-corrected chi connectivity index (χ3v) is 3.02. The zero-order valence-corrected chi connectivity index (χ0v) is 10.4. The van der Waals surface area contributed by atoms with Crippen LogP contribution in [0.3, 0.4) is 0 Å². The molecule has 90 valence electrons. The van der Waals surface area contributed by atoms with Gasteiger partial charge in [-0.25, -0.2) is 0 Å². The van der Waals surface area contributed by atoms with E-state index in [0.717, 1.165) is 17.8 Å². The van der Waals surface area contributed by atoms with Crippen LogP contribution in [0, 0.1) is 0 Å². The minimum Gasteiger partial charge on any atom is -0.278 e. The number of fused-ring (bicyclic) bond motifs is 1. The van der Waals surface area contributed by atoms with Gasteiger partial charge in [0.15, 0.2) is 0 Å². The average molecular weight is 228 g/mol. The lowest BCUT2D eigenvalue weighted by Gasteiger charge is -2.03. The van der Waals surface area contributed by atoms with Gasteiger partial charge in [-0.3, -0.25) is 5.43 Å². The molecule has 0 unspecified atom stereocenters. The first-order valence-electron chi connectivity index (χ1n) is 6.50. The second kappa shape index (κ2) is 6.24. The number of rotatable bonds is 5. The molecule has 1 heterocycles. The summed E-state index contributed by atoms with van der Waals surface area (Å²) in [5, 5.41) is 4.44. The highest BCUT2D eigenvalue weighted by molar-refractivity contribution is 6.00. The van der Waals surface area contributed by atoms with Crippen molar-refractivity contribution in [2.75, 3.05) is 5.43 Å². The van der Waals surface area contributed by atoms with Gasteiger partial charge in [0.1, 0.15) is 0 Å². The van der Waals surface area contributed by atoms with E-state index in [1.54, 1.807) is 0 Å². The van der Waals surface area contributed by atoms with Crippen molar-refractivity contribution in [1.82, 2.24) is 0 Å². The number of hydrogen-bond acceptors (Lipinski definition) is 2. The Bertz CT molecular complexity index is 419. The van der Waals surface area contributed by atoms with Crippen molar-refractivity contribution in [3.05, 3.63) is 35.9 Å². The molecule has 1 N–H and O–H groups in total. The van der Waals surface area contributed by atoms with E-state index in [0.29, 0.717) is 0 Å². The average Bonchev–Trinajstić information content (AvgIpc) is 2.58. The zero-order chi connectivity index (χ0) is 11.9. The molecule has 0 fully saturated rings. The molecule has 0 aromatic heterocycles. The number of hydrazone groups is 1. The van der Waals surface area contributed by atoms with Gasteiger partial charge in [0.05, 0.1) is 11.4 Å². The van der Waals surface area contributed by atoms with E-state index >= 15 is 0 Å². The van der Waals surface area contributed by atoms with E-state index in [1.165, 1.54) is 31.2 Å². The maximum absolute atomic E-state index is 4.44. The van der Waals surface area contributed by atoms with Gasteiger partial charge in [-0.2, -0.15) is 5.10 Å². The summed E-state index contributed by atoms with van der Waals surface area (Å²) in [5.74, 6) is 0. The smallest absolute Gasteiger partial charge is 0.0634 e. The quantitative estimate of drug-likeness (QED) is 0.740. The van der Waals surface area contributed by atoms with E-state index in [-0.39, 0.29) is 0 Å². The van der Waals surface area contributed by atoms with E-state index in [2.05, 4.69) is 47.8 Å². The molecule has 2 heteroatoms. The van der Waals surface area contributed by atoms with Gasteiger partial charge >= 0.3 is 0 Å². The first kappa shape index (κ1) is 11.9. The highest BCUT2D eigenvalue weighted by Crippen LogP contribution is 2.19. The van der Waals surface area contributed by atoms with Crippen LogP contribution in [-0.4, -0.2) is 5.71 Å². The summed E-state index contributed by atoms with van der Waals surface area (Å²) in [4.78, 5) is 0. The predicted octanol–water partition coefficient (Wildman–Crippen LogP) is 4.45. The number of allylic oxidation sites excluding steroid dienone is 1. The van der Waals surface area contributed by atoms with Crippen molar-refractivity contribution in [1.29, 1.82) is 0 Å². The molecule has 1 aliphatic rings. The van der Waals surface area contributed by atoms with Crippen LogP contribution in [-0.2, 0) is 0 Å². The largest absolute Gasteiger partial charge is 0.278 e. The Labute approximate surface area is 103 Å². The van der Waals surface area contributed by atoms with Crippen LogP contribution in [0.15, 0.2) is 35.4 Å². The highest BCUT2D eigenvalue weighted by atomic mass is 15.3. The molecule has 0 atom stereocenters. The first-order valence-corrected chi connectivity index (χ1v) is 6.50. The highest BCUT2D eigenvalue weighted by Gasteiger charge is 2.03. The fourth-order valence-electron chi connectivity index (χ4n) is 1.97. The number of nitrogens with one attached hydrogen (secondary N) is 1. The van der Waals surface area contributed by atoms with Crippen molar-refractivity contribution in [2.45, 2.75) is 39.0 Å². The van der Waals surface area contributed by atoms with Crippen molar-refractivity contribution < 1.29 is 0 Å². The monoisotopic (exact) mass is 228 g/mol. The number of para-hydroxylation sites is 1. The maximum atomic E-state index is 4.44. The lowest BCUT2D eigenvalue weighted by molar-refractivity contribution is 0.683. The fraction of sp³-hybridized carbons (Fsp3) is 0.400. The fourth-order valence-corrected chi connectivity index (χ4v) is 1.97. The molecule has 0 amide bonds. The summed E-state index contributed by atoms with van der Waals surface area (Å²) in [6, 6.07) is 8.25. The Balaban J connectivity index is 1.93. The van der Waals surface area contributed by atoms with Gasteiger partial charge < -0.3 is 0 Å². The van der Waals surface area contributed by atoms with E-state index in [4.69, 9.17) is 0 Å². The number of anilines is 1. The van der Waals surface area contributed by atoms with Gasteiger partial charge in [-0.15, -0.1) is 0 Å². The Kier molecular flexibility index (Phi) is 4.37. The van der Waals surface area contributed by atoms with Crippen molar-refractivity contribution >= 4 is 17.5 Å². The summed E-state index contributed by atoms with van der Waals surface area (Å²) < 4.78 is 0. The van der Waals surface area contributed by atoms with Gasteiger partial charge in [0, 0.05) is 0 Å². The topological polar surface area (TPSA) is 24.4 Å². The molecular formula is C15H20N2. The Hall–Kier alpha value is -1.57. The second-order valence-electron chi connectivity index (χ2n) is 4.45. The molecule has 0 spiro atoms. The molecule has 1 aliphatic heterocycles. The normalized spacial score (nSPS) is 13.6. The molecule has 2 nitrogen and oxygen atoms in total. The minimum absolute atomic E-state index is 1.07. The zero-order valence-electron chi connectivity index (χ0n) is 10.4. The molecule has 1 aromatic rings. The maximum Gasteiger partial charge on any atom is 0.0634 e. The first-order chi connectivity index (χ1) is 8.40. The van der Waals surface area contributed by atoms with Crippen molar-refractivity contribution in [2.24, 2.45) is 5.10 Å². The number of unbranched alkanes of at least 4 members (excludes halogenated alkanes) is 3. The van der Waals surface area contributed by atoms with Crippen LogP contribution in [0.1, 0.15) is 44.6 Å². The lowest BCUT2D eigenvalue weighted by atomic mass is 10.1. The van der Waals surface area contributed by atoms with Gasteiger partial charge in [0.25, 0.3) is 0 Å². The van der Waals surface area contributed by atoms with Crippen LogP contribution in [0.2, 0.25) is 0 Å². The molecule has 0 radical (unpaired) electrons. The van der Waals surface area contributed by atoms with Gasteiger partial charge in [0.2, 0.25) is 0 Å². The molecule has 17 heavy (non-hydrogen) atoms. The Morgan fingerprint density at radius 3 is 2.82 bits per heavy atom. The standard InChI is InChI=1S/C15H20N2/c1-2-3-4-5-9-14-12-11-13-8-6-7-10-15(13)17-16-14/h6-8,10-12,17H,2-5,9H2,1H3. The summed E-state index contributed by atoms with van der Waals surface area (Å²) in [7, 11) is 0. The van der Waals surface area contributed by atoms with Gasteiger partial charge in [-0.1, -0.05) is 50.5 Å². The lowest BCUT2D eigenvalue weighted by Crippen LogP contribution is -1.97. The van der Waals surface area contributed by atoms with E-state index < -0.39 is 0 Å². The summed E-state index contributed by atoms with van der Waals surface area (Å²) in [6.45, 7) is 2.24. The molecule has 2 rings (SSSR count). The number of hydrogen-bond donors (Lipinski definition) is 1. The third kappa shape index (κ3) is 3.45. The van der Waals surface area contributed by atoms with E-state index in [9.17, 15) is 0 Å². The SMILES string of the molecule is CCCCCCC1=NNc2ccccc2C=C1. The van der Waals surface area contributed by atoms with Crippen LogP contribution < -0.4 is 5.43 Å². The van der Waals surface area contributed by atoms with Crippen LogP contribution in [0.4, 0.5) is 5.69 Å². The van der Waals surface area contributed by atoms with Crippen molar-refractivity contribution in [3.8, 4) is 0 Å². The molecule has 0 bridgehead atoms. The summed E-state index contributed by atoms with van der Waals surface area (Å²) in [6.07, 6.45) is 10.5. The third-order valence-electron chi connectivity index (χ3n) is 3.02. The van der Waals surface area contributed by atoms with Gasteiger partial charge in [-0.05, 0) is 30.5 Å².